The van der Waals surface area contributed by atoms with Gasteiger partial charge in [-0.25, -0.2) is 4.59 Å². The Kier molecular flexibility index (Phi) is 16.2. The van der Waals surface area contributed by atoms with Crippen LogP contribution in [0.1, 0.15) is 90.0 Å². The summed E-state index contributed by atoms with van der Waals surface area (Å²) in [5.74, 6) is 7.13. The molecule has 0 bridgehead atoms. The molecule has 1 atom stereocenters. The topological polar surface area (TPSA) is 35.2 Å². The molecule has 0 radical (unpaired) electrons. The van der Waals surface area contributed by atoms with Crippen LogP contribution in [0.5, 0.6) is 0 Å². The van der Waals surface area contributed by atoms with Gasteiger partial charge in [-0.05, 0) is 12.0 Å². The van der Waals surface area contributed by atoms with E-state index in [0.717, 1.165) is 32.7 Å². The number of nitrogens with zero attached hydrogens (tertiary/aromatic N) is 1. The Hall–Kier alpha value is -0.320. The molecule has 1 heterocycles. The van der Waals surface area contributed by atoms with Gasteiger partial charge in [-0.2, -0.15) is 5.84 Å². The molecule has 1 aliphatic rings. The van der Waals surface area contributed by atoms with Crippen LogP contribution in [-0.2, 0) is 11.2 Å². The van der Waals surface area contributed by atoms with Gasteiger partial charge < -0.3 is 17.1 Å². The second-order valence-electron chi connectivity index (χ2n) is 8.96. The quantitative estimate of drug-likeness (QED) is 0.262. The molecule has 0 amide bonds. The van der Waals surface area contributed by atoms with Gasteiger partial charge in [0.05, 0.1) is 13.2 Å². The SMILES string of the molecule is CCCCCCCCCCC(CCC)(Cc1ccccc1)[N+]1(N)CCOCC1.Cl.[Cl-]. The number of morpholine rings is 1. The molecule has 0 aliphatic carbocycles. The molecule has 3 nitrogen and oxygen atoms in total. The van der Waals surface area contributed by atoms with Crippen LogP contribution in [0.4, 0.5) is 0 Å². The van der Waals surface area contributed by atoms with Crippen molar-refractivity contribution in [1.29, 1.82) is 0 Å². The van der Waals surface area contributed by atoms with Crippen LogP contribution in [0.3, 0.4) is 0 Å². The average molecular weight is 462 g/mol. The Morgan fingerprint density at radius 2 is 1.40 bits per heavy atom. The van der Waals surface area contributed by atoms with Gasteiger partial charge in [0.25, 0.3) is 0 Å². The fourth-order valence-corrected chi connectivity index (χ4v) is 5.08. The highest BCUT2D eigenvalue weighted by Gasteiger charge is 2.49. The first kappa shape index (κ1) is 29.7. The first-order valence-electron chi connectivity index (χ1n) is 11.9. The number of rotatable bonds is 14. The molecule has 0 saturated carbocycles. The van der Waals surface area contributed by atoms with E-state index in [-0.39, 0.29) is 30.4 Å². The zero-order valence-corrected chi connectivity index (χ0v) is 21.0. The van der Waals surface area contributed by atoms with Gasteiger partial charge in [0.15, 0.2) is 0 Å². The van der Waals surface area contributed by atoms with Gasteiger partial charge in [-0.1, -0.05) is 95.5 Å². The van der Waals surface area contributed by atoms with E-state index in [0.29, 0.717) is 4.59 Å². The third kappa shape index (κ3) is 9.04. The minimum Gasteiger partial charge on any atom is -1.00 e. The smallest absolute Gasteiger partial charge is 0.121 e. The minimum absolute atomic E-state index is 0. The van der Waals surface area contributed by atoms with E-state index in [1.54, 1.807) is 0 Å². The molecular weight excluding hydrogens is 415 g/mol. The van der Waals surface area contributed by atoms with Gasteiger partial charge in [0, 0.05) is 19.3 Å². The molecule has 5 heteroatoms. The number of quaternary nitrogens is 1. The van der Waals surface area contributed by atoms with Gasteiger partial charge >= 0.3 is 0 Å². The van der Waals surface area contributed by atoms with Crippen LogP contribution in [0.25, 0.3) is 0 Å². The molecule has 0 aromatic heterocycles. The average Bonchev–Trinajstić information content (AvgIpc) is 2.71. The molecule has 2 rings (SSSR count). The fraction of sp³-hybridized carbons (Fsp3) is 0.760. The third-order valence-electron chi connectivity index (χ3n) is 6.80. The summed E-state index contributed by atoms with van der Waals surface area (Å²) < 4.78 is 6.38. The second kappa shape index (κ2) is 16.3. The molecule has 0 spiro atoms. The monoisotopic (exact) mass is 460 g/mol. The predicted molar refractivity (Wildman–Crippen MR) is 127 cm³/mol. The first-order chi connectivity index (χ1) is 13.7. The molecule has 1 saturated heterocycles. The van der Waals surface area contributed by atoms with Crippen molar-refractivity contribution in [2.75, 3.05) is 26.3 Å². The third-order valence-corrected chi connectivity index (χ3v) is 6.80. The number of nitrogens with two attached hydrogens (primary N) is 1. The lowest BCUT2D eigenvalue weighted by atomic mass is 9.79. The second-order valence-corrected chi connectivity index (χ2v) is 8.96. The number of halogens is 2. The van der Waals surface area contributed by atoms with E-state index in [1.807, 2.05) is 0 Å². The summed E-state index contributed by atoms with van der Waals surface area (Å²) in [5, 5.41) is 0. The molecule has 2 N–H and O–H groups in total. The normalized spacial score (nSPS) is 17.4. The van der Waals surface area contributed by atoms with E-state index in [1.165, 1.54) is 76.2 Å². The summed E-state index contributed by atoms with van der Waals surface area (Å²) in [5.41, 5.74) is 1.58. The van der Waals surface area contributed by atoms with Crippen LogP contribution < -0.4 is 18.2 Å². The van der Waals surface area contributed by atoms with Crippen LogP contribution in [0, 0.1) is 0 Å². The van der Waals surface area contributed by atoms with Crippen molar-refractivity contribution in [1.82, 2.24) is 0 Å². The highest BCUT2D eigenvalue weighted by atomic mass is 35.5. The Labute approximate surface area is 198 Å². The Balaban J connectivity index is 0.00000420. The summed E-state index contributed by atoms with van der Waals surface area (Å²) >= 11 is 0. The lowest BCUT2D eigenvalue weighted by Gasteiger charge is -2.52. The van der Waals surface area contributed by atoms with Crippen LogP contribution >= 0.6 is 12.4 Å². The van der Waals surface area contributed by atoms with Gasteiger partial charge in [-0.15, -0.1) is 12.4 Å². The maximum absolute atomic E-state index is 7.13. The summed E-state index contributed by atoms with van der Waals surface area (Å²) in [6.45, 7) is 8.10. The predicted octanol–water partition coefficient (Wildman–Crippen LogP) is 3.45. The summed E-state index contributed by atoms with van der Waals surface area (Å²) in [7, 11) is 0. The standard InChI is InChI=1S/C25H45N2O.2ClH/c1-3-5-6-7-8-9-10-14-18-25(17-4-2,23-24-15-12-11-13-16-24)27(26)19-21-28-22-20-27;;/h11-13,15-16H,3-10,14,17-23,26H2,1-2H3;2*1H/q+1;;/p-1. The van der Waals surface area contributed by atoms with Crippen molar-refractivity contribution in [2.24, 2.45) is 5.84 Å². The van der Waals surface area contributed by atoms with Crippen molar-refractivity contribution in [3.05, 3.63) is 35.9 Å². The van der Waals surface area contributed by atoms with Crippen LogP contribution in [-0.4, -0.2) is 36.4 Å². The van der Waals surface area contributed by atoms with E-state index >= 15 is 0 Å². The van der Waals surface area contributed by atoms with Crippen molar-refractivity contribution in [3.8, 4) is 0 Å². The van der Waals surface area contributed by atoms with Crippen molar-refractivity contribution >= 4 is 12.4 Å². The Bertz CT molecular complexity index is 523. The van der Waals surface area contributed by atoms with Crippen molar-refractivity contribution in [3.63, 3.8) is 0 Å². The Morgan fingerprint density at radius 1 is 0.833 bits per heavy atom. The van der Waals surface area contributed by atoms with Crippen molar-refractivity contribution in [2.45, 2.75) is 96.4 Å². The van der Waals surface area contributed by atoms with E-state index < -0.39 is 0 Å². The highest BCUT2D eigenvalue weighted by Crippen LogP contribution is 2.36. The number of ether oxygens (including phenoxy) is 1. The number of unbranched alkanes of at least 4 members (excludes halogenated alkanes) is 7. The molecule has 1 aliphatic heterocycles. The lowest BCUT2D eigenvalue weighted by Crippen LogP contribution is -3.00. The van der Waals surface area contributed by atoms with E-state index in [4.69, 9.17) is 10.6 Å². The number of benzene rings is 1. The van der Waals surface area contributed by atoms with Gasteiger partial charge in [-0.3, -0.25) is 0 Å². The minimum atomic E-state index is 0. The molecule has 176 valence electrons. The zero-order valence-electron chi connectivity index (χ0n) is 19.4. The molecule has 1 aromatic rings. The van der Waals surface area contributed by atoms with Crippen molar-refractivity contribution < 1.29 is 21.7 Å². The van der Waals surface area contributed by atoms with Gasteiger partial charge in [0.1, 0.15) is 18.6 Å². The van der Waals surface area contributed by atoms with Gasteiger partial charge in [0.2, 0.25) is 0 Å². The maximum Gasteiger partial charge on any atom is 0.121 e. The molecule has 1 fully saturated rings. The summed E-state index contributed by atoms with van der Waals surface area (Å²) in [6.07, 6.45) is 15.7. The number of hydrogen-bond donors (Lipinski definition) is 1. The van der Waals surface area contributed by atoms with E-state index in [2.05, 4.69) is 44.2 Å². The molecule has 30 heavy (non-hydrogen) atoms. The van der Waals surface area contributed by atoms with Crippen LogP contribution in [0.2, 0.25) is 0 Å². The molecular formula is C25H46Cl2N2O. The number of hydrogen-bond acceptors (Lipinski definition) is 2. The highest BCUT2D eigenvalue weighted by molar-refractivity contribution is 5.85. The van der Waals surface area contributed by atoms with Crippen LogP contribution in [0.15, 0.2) is 30.3 Å². The lowest BCUT2D eigenvalue weighted by molar-refractivity contribution is -0.994. The largest absolute Gasteiger partial charge is 1.00 e. The fourth-order valence-electron chi connectivity index (χ4n) is 5.08. The first-order valence-corrected chi connectivity index (χ1v) is 11.9. The Morgan fingerprint density at radius 3 is 1.97 bits per heavy atom. The maximum atomic E-state index is 7.13. The summed E-state index contributed by atoms with van der Waals surface area (Å²) in [6, 6.07) is 11.0. The zero-order chi connectivity index (χ0) is 20.1. The molecule has 1 aromatic carbocycles. The molecule has 1 unspecified atom stereocenters. The summed E-state index contributed by atoms with van der Waals surface area (Å²) in [4.78, 5) is 0. The van der Waals surface area contributed by atoms with E-state index in [9.17, 15) is 0 Å².